The zero-order chi connectivity index (χ0) is 64.1. The van der Waals surface area contributed by atoms with Gasteiger partial charge in [-0.2, -0.15) is 0 Å². The number of carbonyl (C=O) groups is 4. The van der Waals surface area contributed by atoms with E-state index in [1.165, 1.54) is 36.3 Å². The van der Waals surface area contributed by atoms with Gasteiger partial charge in [-0.3, -0.25) is 24.5 Å². The third-order valence-electron chi connectivity index (χ3n) is 13.4. The molecule has 0 aromatic heterocycles. The summed E-state index contributed by atoms with van der Waals surface area (Å²) in [6.07, 6.45) is 1.53. The number of alkyl halides is 1. The van der Waals surface area contributed by atoms with Gasteiger partial charge >= 0.3 is 51.4 Å². The third-order valence-corrected chi connectivity index (χ3v) is 13.7. The van der Waals surface area contributed by atoms with Gasteiger partial charge in [-0.1, -0.05) is 237 Å². The largest absolute Gasteiger partial charge is 1.00 e. The van der Waals surface area contributed by atoms with Gasteiger partial charge in [-0.05, 0) is 86.5 Å². The van der Waals surface area contributed by atoms with Crippen molar-refractivity contribution in [1.29, 1.82) is 11.1 Å². The van der Waals surface area contributed by atoms with E-state index in [2.05, 4.69) is 109 Å². The fourth-order valence-corrected chi connectivity index (χ4v) is 8.85. The van der Waals surface area contributed by atoms with Crippen molar-refractivity contribution >= 4 is 39.3 Å². The van der Waals surface area contributed by atoms with E-state index >= 15 is 0 Å². The Balaban J connectivity index is -0.000000492. The number of Topliss-reactive ketones (excluding diaryl/α,β-unsaturated/α-hetero) is 2. The number of aliphatic hydroxyl groups is 1. The van der Waals surface area contributed by atoms with E-state index < -0.39 is 5.92 Å². The van der Waals surface area contributed by atoms with Crippen molar-refractivity contribution in [2.24, 2.45) is 11.7 Å². The topological polar surface area (TPSA) is 221 Å². The van der Waals surface area contributed by atoms with Crippen LogP contribution >= 0.6 is 15.9 Å². The number of halogens is 1. The van der Waals surface area contributed by atoms with Crippen LogP contribution < -0.4 is 62.4 Å². The molecule has 0 radical (unpaired) electrons. The summed E-state index contributed by atoms with van der Waals surface area (Å²) in [4.78, 5) is 53.2. The molecule has 8 rings (SSSR count). The van der Waals surface area contributed by atoms with Crippen molar-refractivity contribution in [3.8, 4) is 0 Å². The summed E-state index contributed by atoms with van der Waals surface area (Å²) < 4.78 is 21.8. The molecule has 0 fully saturated rings. The van der Waals surface area contributed by atoms with Gasteiger partial charge in [0.15, 0.2) is 11.6 Å². The molecule has 0 saturated carbocycles. The van der Waals surface area contributed by atoms with Gasteiger partial charge in [0.25, 0.3) is 11.8 Å². The number of aliphatic hydroxyl groups excluding tert-OH is 1. The minimum Gasteiger partial charge on any atom is -0.395 e. The van der Waals surface area contributed by atoms with E-state index in [0.29, 0.717) is 61.6 Å². The van der Waals surface area contributed by atoms with Crippen LogP contribution in [0.3, 0.4) is 0 Å². The maximum atomic E-state index is 12.2. The molecule has 1 aliphatic carbocycles. The van der Waals surface area contributed by atoms with Crippen LogP contribution in [0.5, 0.6) is 0 Å². The quantitative estimate of drug-likeness (QED) is 0.00771. The number of ether oxygens (including phenoxy) is 4. The maximum absolute atomic E-state index is 12.2. The van der Waals surface area contributed by atoms with Crippen LogP contribution in [-0.2, 0) is 45.4 Å². The molecular formula is C72H110BrKN7O9+. The first kappa shape index (κ1) is 89.4. The Hall–Kier alpha value is -4.84. The molecule has 1 heterocycles. The Kier molecular flexibility index (Phi) is 60.0. The van der Waals surface area contributed by atoms with E-state index in [1.54, 1.807) is 48.5 Å². The van der Waals surface area contributed by atoms with Crippen LogP contribution in [-0.4, -0.2) is 147 Å². The predicted molar refractivity (Wildman–Crippen MR) is 370 cm³/mol. The number of amides is 2. The average Bonchev–Trinajstić information content (AvgIpc) is 1.72. The first-order chi connectivity index (χ1) is 42.5. The van der Waals surface area contributed by atoms with E-state index in [0.717, 1.165) is 83.0 Å². The van der Waals surface area contributed by atoms with Crippen molar-refractivity contribution in [2.45, 2.75) is 103 Å². The standard InChI is InChI=1S/C18H16O3.C13H21NO.C10H14O.C9H13NO.C8H5NO2.C6H14BrN.C6H15NO.2CH4.K.H2N2.H2/c19-17-14-8-4-5-9-15(14)18(20)16(17)10-11-21-12-13-6-2-1-3-7-13;1-3-14(4-2)10-11-15-12-13-8-6-5-7-9-13;1-2-8-11-9-10-6-4-3-5-7-10;10-6-7-11-8-9-4-2-1-3-5-9;10-7-5-3-1-2-4-6(5)8(11)9-7;1-3-8(4-2)6-5-7;1-3-7(4-2)5-6-8;;;;1-2;/h1-9,16H,10-12H2;5-9H,3-4,10-12H2,1-2H3;3-7H,2,8-9H2,1H3;1-5H,6-8,10H2;1-4H,(H,9,10,11);3-6H2,1-2H3;8H,3-6H2,1-2H3;2*1H4;;1-2H;1H/q;;;;;;;;;+1;;. The fraction of sp³-hybridized carbons (Fsp3) is 0.444. The van der Waals surface area contributed by atoms with Crippen LogP contribution in [0.4, 0.5) is 0 Å². The summed E-state index contributed by atoms with van der Waals surface area (Å²) >= 11 is 3.39. The summed E-state index contributed by atoms with van der Waals surface area (Å²) in [7, 11) is 0. The maximum Gasteiger partial charge on any atom is 1.00 e. The second-order valence-electron chi connectivity index (χ2n) is 19.4. The molecule has 0 saturated heterocycles. The molecule has 494 valence electrons. The molecule has 0 unspecified atom stereocenters. The number of nitrogens with two attached hydrogens (primary N) is 1. The summed E-state index contributed by atoms with van der Waals surface area (Å²) in [5.74, 6) is -1.31. The number of hydrogen-bond acceptors (Lipinski definition) is 15. The van der Waals surface area contributed by atoms with Crippen LogP contribution in [0.2, 0.25) is 0 Å². The van der Waals surface area contributed by atoms with E-state index in [4.69, 9.17) is 40.8 Å². The molecule has 6 aromatic carbocycles. The minimum absolute atomic E-state index is 0. The molecule has 18 heteroatoms. The summed E-state index contributed by atoms with van der Waals surface area (Å²) in [5.41, 5.74) is 22.1. The fourth-order valence-electron chi connectivity index (χ4n) is 8.35. The van der Waals surface area contributed by atoms with Gasteiger partial charge in [0.1, 0.15) is 0 Å². The number of nitrogens with zero attached hydrogens (tertiary/aromatic N) is 3. The number of imide groups is 1. The Morgan fingerprint density at radius 1 is 0.456 bits per heavy atom. The molecule has 90 heavy (non-hydrogen) atoms. The molecule has 0 spiro atoms. The van der Waals surface area contributed by atoms with Crippen molar-refractivity contribution in [3.05, 3.63) is 214 Å². The molecule has 6 aromatic rings. The van der Waals surface area contributed by atoms with E-state index in [9.17, 15) is 19.2 Å². The summed E-state index contributed by atoms with van der Waals surface area (Å²) in [5, 5.41) is 11.8. The van der Waals surface area contributed by atoms with Gasteiger partial charge in [0, 0.05) is 57.3 Å². The zero-order valence-electron chi connectivity index (χ0n) is 53.8. The summed E-state index contributed by atoms with van der Waals surface area (Å²) in [6, 6.07) is 54.2. The van der Waals surface area contributed by atoms with Crippen molar-refractivity contribution in [3.63, 3.8) is 0 Å². The smallest absolute Gasteiger partial charge is 0.395 e. The number of rotatable bonds is 28. The van der Waals surface area contributed by atoms with Crippen molar-refractivity contribution < 1.29 is 96.0 Å². The molecule has 0 atom stereocenters. The molecule has 2 amide bonds. The monoisotopic (exact) mass is 1330 g/mol. The van der Waals surface area contributed by atoms with E-state index in [-0.39, 0.29) is 97.7 Å². The number of benzene rings is 6. The van der Waals surface area contributed by atoms with Crippen LogP contribution in [0, 0.1) is 17.0 Å². The number of hydrogen-bond donors (Lipinski definition) is 5. The molecule has 2 aliphatic rings. The van der Waals surface area contributed by atoms with Crippen molar-refractivity contribution in [2.75, 3.05) is 104 Å². The minimum atomic E-state index is -0.571. The summed E-state index contributed by atoms with van der Waals surface area (Å²) in [6.45, 7) is 30.9. The van der Waals surface area contributed by atoms with Gasteiger partial charge in [0.2, 0.25) is 0 Å². The molecule has 16 nitrogen and oxygen atoms in total. The molecule has 1 aliphatic heterocycles. The Bertz CT molecular complexity index is 2540. The Morgan fingerprint density at radius 2 is 0.756 bits per heavy atom. The number of ketones is 2. The third kappa shape index (κ3) is 39.5. The second kappa shape index (κ2) is 60.4. The van der Waals surface area contributed by atoms with Crippen molar-refractivity contribution in [1.82, 2.24) is 20.0 Å². The first-order valence-electron chi connectivity index (χ1n) is 30.4. The molecular weight excluding hydrogens is 1230 g/mol. The van der Waals surface area contributed by atoms with Gasteiger partial charge in [-0.25, -0.2) is 11.1 Å². The normalized spacial score (nSPS) is 11.3. The molecule has 0 bridgehead atoms. The van der Waals surface area contributed by atoms with Gasteiger partial charge < -0.3 is 44.5 Å². The predicted octanol–water partition coefficient (Wildman–Crippen LogP) is 11.3. The van der Waals surface area contributed by atoms with Gasteiger partial charge in [0.05, 0.1) is 63.3 Å². The van der Waals surface area contributed by atoms with Crippen LogP contribution in [0.25, 0.3) is 0 Å². The second-order valence-corrected chi connectivity index (χ2v) is 20.2. The zero-order valence-corrected chi connectivity index (χ0v) is 58.5. The van der Waals surface area contributed by atoms with Gasteiger partial charge in [-0.15, -0.1) is 0 Å². The van der Waals surface area contributed by atoms with E-state index in [1.807, 2.05) is 97.1 Å². The number of carbonyl (C=O) groups excluding carboxylic acids is 4. The molecule has 6 N–H and O–H groups in total. The number of likely N-dealkylation sites (N-methyl/N-ethyl adjacent to an activating group) is 2. The van der Waals surface area contributed by atoms with Crippen LogP contribution in [0.1, 0.15) is 141 Å². The Morgan fingerprint density at radius 3 is 1.06 bits per heavy atom. The number of nitrogens with one attached hydrogen (secondary N) is 3. The first-order valence-corrected chi connectivity index (χ1v) is 31.5. The Labute approximate surface area is 593 Å². The van der Waals surface area contributed by atoms with Crippen LogP contribution in [0.15, 0.2) is 170 Å². The SMILES string of the molecule is C.C.CCCOCc1ccccc1.CCN(CC)CCBr.CCN(CC)CCO.CCN(CC)CCOCc1ccccc1.N=N.NCCOCc1ccccc1.O=C1NC(=O)c2ccccc21.O=C1c2ccccc2C(=O)C1CCOCc1ccccc1.[HH].[K+]. The average molecular weight is 1340 g/mol. The number of fused-ring (bicyclic) bond motifs is 2.